The van der Waals surface area contributed by atoms with Gasteiger partial charge in [-0.2, -0.15) is 4.89 Å². The molecule has 1 fully saturated rings. The highest BCUT2D eigenvalue weighted by molar-refractivity contribution is 6.29. The van der Waals surface area contributed by atoms with Crippen molar-refractivity contribution in [2.24, 2.45) is 0 Å². The quantitative estimate of drug-likeness (QED) is 0.326. The molecule has 3 rings (SSSR count). The van der Waals surface area contributed by atoms with Gasteiger partial charge in [-0.25, -0.2) is 4.98 Å². The molecule has 0 N–H and O–H groups in total. The Bertz CT molecular complexity index is 677. The van der Waals surface area contributed by atoms with E-state index in [-0.39, 0.29) is 0 Å². The first kappa shape index (κ1) is 17.1. The van der Waals surface area contributed by atoms with Crippen LogP contribution in [0.4, 0.5) is 0 Å². The van der Waals surface area contributed by atoms with Crippen LogP contribution in [-0.4, -0.2) is 29.8 Å². The number of aromatic nitrogens is 2. The smallest absolute Gasteiger partial charge is 0.184 e. The van der Waals surface area contributed by atoms with Gasteiger partial charge in [0.15, 0.2) is 12.0 Å². The fourth-order valence-corrected chi connectivity index (χ4v) is 2.47. The molecule has 0 saturated carbocycles. The van der Waals surface area contributed by atoms with Gasteiger partial charge in [-0.3, -0.25) is 4.98 Å². The van der Waals surface area contributed by atoms with E-state index in [9.17, 15) is 0 Å². The maximum atomic E-state index is 6.13. The number of rotatable bonds is 7. The zero-order valence-corrected chi connectivity index (χ0v) is 14.2. The van der Waals surface area contributed by atoms with Crippen LogP contribution in [0, 0.1) is 0 Å². The molecule has 3 heterocycles. The summed E-state index contributed by atoms with van der Waals surface area (Å²) in [4.78, 5) is 19.1. The Morgan fingerprint density at radius 2 is 2.04 bits per heavy atom. The number of hydrogen-bond acceptors (Lipinski definition) is 6. The number of ether oxygens (including phenoxy) is 2. The Balaban J connectivity index is 1.78. The van der Waals surface area contributed by atoms with Crippen LogP contribution in [0.5, 0.6) is 5.75 Å². The molecule has 0 radical (unpaired) electrons. The van der Waals surface area contributed by atoms with Crippen molar-refractivity contribution in [2.75, 3.05) is 19.8 Å². The topological polar surface area (TPSA) is 62.7 Å². The molecule has 1 aliphatic rings. The van der Waals surface area contributed by atoms with E-state index in [2.05, 4.69) is 16.9 Å². The van der Waals surface area contributed by atoms with Crippen LogP contribution < -0.4 is 4.89 Å². The van der Waals surface area contributed by atoms with Crippen LogP contribution in [0.3, 0.4) is 0 Å². The Morgan fingerprint density at radius 3 is 2.83 bits per heavy atom. The van der Waals surface area contributed by atoms with Gasteiger partial charge in [0.1, 0.15) is 5.15 Å². The zero-order valence-electron chi connectivity index (χ0n) is 13.4. The lowest BCUT2D eigenvalue weighted by Crippen LogP contribution is -2.01. The number of hydrogen-bond donors (Lipinski definition) is 0. The first-order valence-electron chi connectivity index (χ1n) is 7.93. The molecule has 0 unspecified atom stereocenters. The van der Waals surface area contributed by atoms with E-state index in [1.165, 1.54) is 0 Å². The molecular weight excluding hydrogens is 332 g/mol. The van der Waals surface area contributed by atoms with Gasteiger partial charge in [0.05, 0.1) is 31.2 Å². The largest absolute Gasteiger partial charge is 0.346 e. The third kappa shape index (κ3) is 4.42. The van der Waals surface area contributed by atoms with E-state index >= 15 is 0 Å². The molecular formula is C17H19ClN2O4. The van der Waals surface area contributed by atoms with E-state index < -0.39 is 6.29 Å². The average Bonchev–Trinajstić information content (AvgIpc) is 3.13. The molecule has 0 bridgehead atoms. The van der Waals surface area contributed by atoms with Crippen LogP contribution in [0.1, 0.15) is 31.6 Å². The molecule has 0 spiro atoms. The Labute approximate surface area is 145 Å². The first-order valence-corrected chi connectivity index (χ1v) is 8.30. The summed E-state index contributed by atoms with van der Waals surface area (Å²) in [5.41, 5.74) is 2.07. The highest BCUT2D eigenvalue weighted by atomic mass is 35.5. The van der Waals surface area contributed by atoms with Gasteiger partial charge in [-0.05, 0) is 18.6 Å². The van der Waals surface area contributed by atoms with Gasteiger partial charge in [0.25, 0.3) is 0 Å². The van der Waals surface area contributed by atoms with Crippen LogP contribution >= 0.6 is 11.6 Å². The van der Waals surface area contributed by atoms with Crippen LogP contribution in [0.15, 0.2) is 30.5 Å². The van der Waals surface area contributed by atoms with Crippen molar-refractivity contribution in [1.82, 2.24) is 9.97 Å². The lowest BCUT2D eigenvalue weighted by molar-refractivity contribution is -0.207. The average molecular weight is 351 g/mol. The maximum Gasteiger partial charge on any atom is 0.184 e. The second kappa shape index (κ2) is 8.39. The Morgan fingerprint density at radius 1 is 1.21 bits per heavy atom. The second-order valence-electron chi connectivity index (χ2n) is 5.32. The van der Waals surface area contributed by atoms with Gasteiger partial charge >= 0.3 is 0 Å². The van der Waals surface area contributed by atoms with Crippen molar-refractivity contribution in [3.8, 4) is 17.1 Å². The van der Waals surface area contributed by atoms with Gasteiger partial charge in [0, 0.05) is 23.9 Å². The van der Waals surface area contributed by atoms with Crippen molar-refractivity contribution in [2.45, 2.75) is 26.1 Å². The van der Waals surface area contributed by atoms with Crippen molar-refractivity contribution in [3.05, 3.63) is 41.2 Å². The lowest BCUT2D eigenvalue weighted by Gasteiger charge is -2.11. The summed E-state index contributed by atoms with van der Waals surface area (Å²) in [6.07, 6.45) is 3.21. The lowest BCUT2D eigenvalue weighted by atomic mass is 10.1. The molecule has 0 aromatic carbocycles. The SMILES string of the molecule is CCCCOOc1ccnc(-c2cc(C3OCCO3)cc(Cl)n2)c1. The molecule has 0 atom stereocenters. The summed E-state index contributed by atoms with van der Waals surface area (Å²) in [7, 11) is 0. The summed E-state index contributed by atoms with van der Waals surface area (Å²) in [5.74, 6) is 0.563. The Hall–Kier alpha value is -1.73. The summed E-state index contributed by atoms with van der Waals surface area (Å²) in [5, 5.41) is 0.355. The normalized spacial score (nSPS) is 14.9. The van der Waals surface area contributed by atoms with E-state index in [0.717, 1.165) is 18.4 Å². The van der Waals surface area contributed by atoms with Gasteiger partial charge in [-0.15, -0.1) is 0 Å². The van der Waals surface area contributed by atoms with E-state index in [1.807, 2.05) is 6.07 Å². The highest BCUT2D eigenvalue weighted by Crippen LogP contribution is 2.29. The molecule has 7 heteroatoms. The Kier molecular flexibility index (Phi) is 5.98. The maximum absolute atomic E-state index is 6.13. The standard InChI is InChI=1S/C17H19ClN2O4/c1-2-3-6-23-24-13-4-5-19-14(11-13)15-9-12(10-16(18)20-15)17-21-7-8-22-17/h4-5,9-11,17H,2-3,6-8H2,1H3. The number of halogens is 1. The predicted octanol–water partition coefficient (Wildman–Crippen LogP) is 3.95. The monoisotopic (exact) mass is 350 g/mol. The van der Waals surface area contributed by atoms with Gasteiger partial charge in [0.2, 0.25) is 0 Å². The number of nitrogens with zero attached hydrogens (tertiary/aromatic N) is 2. The minimum Gasteiger partial charge on any atom is -0.346 e. The van der Waals surface area contributed by atoms with E-state index in [0.29, 0.717) is 42.1 Å². The second-order valence-corrected chi connectivity index (χ2v) is 5.70. The minimum atomic E-state index is -0.416. The summed E-state index contributed by atoms with van der Waals surface area (Å²) < 4.78 is 11.0. The molecule has 128 valence electrons. The fourth-order valence-electron chi connectivity index (χ4n) is 2.25. The molecule has 1 saturated heterocycles. The number of unbranched alkanes of at least 4 members (excludes halogenated alkanes) is 1. The van der Waals surface area contributed by atoms with Crippen molar-refractivity contribution >= 4 is 11.6 Å². The fraction of sp³-hybridized carbons (Fsp3) is 0.412. The third-order valence-corrected chi connectivity index (χ3v) is 3.63. The molecule has 2 aromatic rings. The third-order valence-electron chi connectivity index (χ3n) is 3.44. The predicted molar refractivity (Wildman–Crippen MR) is 88.6 cm³/mol. The summed E-state index contributed by atoms with van der Waals surface area (Å²) in [6, 6.07) is 7.07. The van der Waals surface area contributed by atoms with Crippen molar-refractivity contribution in [1.29, 1.82) is 0 Å². The van der Waals surface area contributed by atoms with E-state index in [1.54, 1.807) is 24.4 Å². The minimum absolute atomic E-state index is 0.355. The van der Waals surface area contributed by atoms with Crippen LogP contribution in [-0.2, 0) is 14.4 Å². The molecule has 24 heavy (non-hydrogen) atoms. The van der Waals surface area contributed by atoms with E-state index in [4.69, 9.17) is 30.8 Å². The summed E-state index contributed by atoms with van der Waals surface area (Å²) in [6.45, 7) is 3.77. The van der Waals surface area contributed by atoms with Gasteiger partial charge < -0.3 is 14.4 Å². The first-order chi connectivity index (χ1) is 11.8. The highest BCUT2D eigenvalue weighted by Gasteiger charge is 2.20. The van der Waals surface area contributed by atoms with Gasteiger partial charge in [-0.1, -0.05) is 24.9 Å². The molecule has 6 nitrogen and oxygen atoms in total. The molecule has 0 amide bonds. The number of pyridine rings is 2. The molecule has 0 aliphatic carbocycles. The van der Waals surface area contributed by atoms with Crippen LogP contribution in [0.25, 0.3) is 11.4 Å². The zero-order chi connectivity index (χ0) is 16.8. The summed E-state index contributed by atoms with van der Waals surface area (Å²) >= 11 is 6.13. The van der Waals surface area contributed by atoms with Crippen LogP contribution in [0.2, 0.25) is 5.15 Å². The molecule has 2 aromatic heterocycles. The van der Waals surface area contributed by atoms with Crippen molar-refractivity contribution < 1.29 is 19.2 Å². The molecule has 1 aliphatic heterocycles. The van der Waals surface area contributed by atoms with Crippen molar-refractivity contribution in [3.63, 3.8) is 0 Å².